The molecule has 0 aliphatic carbocycles. The SMILES string of the molecule is CCOC(=O)/C(=C/O)c1cc(OC)cc(OC)c1. The second-order valence-electron chi connectivity index (χ2n) is 3.36. The summed E-state index contributed by atoms with van der Waals surface area (Å²) in [5.41, 5.74) is 0.515. The molecule has 0 atom stereocenters. The van der Waals surface area contributed by atoms with Gasteiger partial charge in [-0.1, -0.05) is 0 Å². The van der Waals surface area contributed by atoms with Crippen LogP contribution in [0.5, 0.6) is 11.5 Å². The lowest BCUT2D eigenvalue weighted by molar-refractivity contribution is -0.136. The molecule has 5 heteroatoms. The molecular formula is C13H16O5. The van der Waals surface area contributed by atoms with Gasteiger partial charge in [0.25, 0.3) is 0 Å². The zero-order chi connectivity index (χ0) is 13.5. The molecule has 0 aromatic heterocycles. The number of carbonyl (C=O) groups excluding carboxylic acids is 1. The van der Waals surface area contributed by atoms with Crippen molar-refractivity contribution in [3.05, 3.63) is 30.0 Å². The molecular weight excluding hydrogens is 236 g/mol. The number of benzene rings is 1. The fourth-order valence-electron chi connectivity index (χ4n) is 1.42. The van der Waals surface area contributed by atoms with Crippen molar-refractivity contribution in [2.75, 3.05) is 20.8 Å². The Morgan fingerprint density at radius 3 is 2.17 bits per heavy atom. The molecule has 0 spiro atoms. The van der Waals surface area contributed by atoms with E-state index in [-0.39, 0.29) is 12.2 Å². The number of aliphatic hydroxyl groups excluding tert-OH is 1. The van der Waals surface area contributed by atoms with Crippen LogP contribution in [0.4, 0.5) is 0 Å². The van der Waals surface area contributed by atoms with E-state index in [4.69, 9.17) is 19.3 Å². The molecule has 0 fully saturated rings. The van der Waals surface area contributed by atoms with Crippen molar-refractivity contribution in [3.8, 4) is 11.5 Å². The van der Waals surface area contributed by atoms with E-state index in [0.717, 1.165) is 0 Å². The Labute approximate surface area is 106 Å². The highest BCUT2D eigenvalue weighted by molar-refractivity contribution is 6.16. The van der Waals surface area contributed by atoms with Crippen LogP contribution in [-0.2, 0) is 9.53 Å². The van der Waals surface area contributed by atoms with E-state index >= 15 is 0 Å². The summed E-state index contributed by atoms with van der Waals surface area (Å²) in [5.74, 6) is 0.441. The zero-order valence-electron chi connectivity index (χ0n) is 10.6. The molecule has 0 aliphatic heterocycles. The molecule has 98 valence electrons. The van der Waals surface area contributed by atoms with E-state index < -0.39 is 5.97 Å². The van der Waals surface area contributed by atoms with E-state index in [1.807, 2.05) is 0 Å². The predicted molar refractivity (Wildman–Crippen MR) is 66.8 cm³/mol. The molecule has 0 amide bonds. The largest absolute Gasteiger partial charge is 0.515 e. The highest BCUT2D eigenvalue weighted by Gasteiger charge is 2.15. The fraction of sp³-hybridized carbons (Fsp3) is 0.308. The van der Waals surface area contributed by atoms with Gasteiger partial charge in [0.05, 0.1) is 27.1 Å². The van der Waals surface area contributed by atoms with Gasteiger partial charge in [0.2, 0.25) is 0 Å². The van der Waals surface area contributed by atoms with Gasteiger partial charge < -0.3 is 19.3 Å². The van der Waals surface area contributed by atoms with Gasteiger partial charge in [0, 0.05) is 6.07 Å². The highest BCUT2D eigenvalue weighted by Crippen LogP contribution is 2.27. The Morgan fingerprint density at radius 1 is 1.22 bits per heavy atom. The molecule has 0 bridgehead atoms. The number of esters is 1. The number of ether oxygens (including phenoxy) is 3. The number of rotatable bonds is 5. The summed E-state index contributed by atoms with van der Waals surface area (Å²) >= 11 is 0. The molecule has 1 aromatic carbocycles. The average molecular weight is 252 g/mol. The highest BCUT2D eigenvalue weighted by atomic mass is 16.5. The van der Waals surface area contributed by atoms with Crippen LogP contribution in [0, 0.1) is 0 Å². The first-order valence-electron chi connectivity index (χ1n) is 5.41. The van der Waals surface area contributed by atoms with Crippen molar-refractivity contribution in [2.24, 2.45) is 0 Å². The Balaban J connectivity index is 3.17. The van der Waals surface area contributed by atoms with E-state index in [2.05, 4.69) is 0 Å². The molecule has 5 nitrogen and oxygen atoms in total. The van der Waals surface area contributed by atoms with E-state index in [1.54, 1.807) is 25.1 Å². The molecule has 0 radical (unpaired) electrons. The predicted octanol–water partition coefficient (Wildman–Crippen LogP) is 2.17. The quantitative estimate of drug-likeness (QED) is 0.494. The third-order valence-electron chi connectivity index (χ3n) is 2.29. The second kappa shape index (κ2) is 6.54. The average Bonchev–Trinajstić information content (AvgIpc) is 2.39. The summed E-state index contributed by atoms with van der Waals surface area (Å²) in [6.07, 6.45) is 0.714. The number of hydrogen-bond acceptors (Lipinski definition) is 5. The summed E-state index contributed by atoms with van der Waals surface area (Å²) in [6, 6.07) is 4.90. The molecule has 0 saturated carbocycles. The maximum Gasteiger partial charge on any atom is 0.341 e. The van der Waals surface area contributed by atoms with Gasteiger partial charge in [0.1, 0.15) is 17.1 Å². The molecule has 1 N–H and O–H groups in total. The lowest BCUT2D eigenvalue weighted by Crippen LogP contribution is -2.07. The van der Waals surface area contributed by atoms with Gasteiger partial charge in [-0.15, -0.1) is 0 Å². The minimum Gasteiger partial charge on any atom is -0.515 e. The first kappa shape index (κ1) is 13.9. The number of aliphatic hydroxyl groups is 1. The maximum absolute atomic E-state index is 11.6. The van der Waals surface area contributed by atoms with Gasteiger partial charge in [-0.3, -0.25) is 0 Å². The second-order valence-corrected chi connectivity index (χ2v) is 3.36. The Bertz CT molecular complexity index is 428. The lowest BCUT2D eigenvalue weighted by atomic mass is 10.1. The van der Waals surface area contributed by atoms with Gasteiger partial charge in [-0.25, -0.2) is 4.79 Å². The standard InChI is InChI=1S/C13H16O5/c1-4-18-13(15)12(8-14)9-5-10(16-2)7-11(6-9)17-3/h5-8,14H,4H2,1-3H3/b12-8+. The van der Waals surface area contributed by atoms with Crippen LogP contribution in [0.1, 0.15) is 12.5 Å². The number of carbonyl (C=O) groups is 1. The first-order chi connectivity index (χ1) is 8.65. The summed E-state index contributed by atoms with van der Waals surface area (Å²) in [5, 5.41) is 9.16. The smallest absolute Gasteiger partial charge is 0.341 e. The number of hydrogen-bond donors (Lipinski definition) is 1. The topological polar surface area (TPSA) is 65.0 Å². The first-order valence-corrected chi connectivity index (χ1v) is 5.41. The minimum absolute atomic E-state index is 0.0500. The van der Waals surface area contributed by atoms with Crippen molar-refractivity contribution in [2.45, 2.75) is 6.92 Å². The fourth-order valence-corrected chi connectivity index (χ4v) is 1.42. The summed E-state index contributed by atoms with van der Waals surface area (Å²) in [4.78, 5) is 11.6. The molecule has 0 saturated heterocycles. The monoisotopic (exact) mass is 252 g/mol. The Hall–Kier alpha value is -2.17. The third kappa shape index (κ3) is 3.16. The van der Waals surface area contributed by atoms with Gasteiger partial charge >= 0.3 is 5.97 Å². The van der Waals surface area contributed by atoms with Crippen LogP contribution in [0.3, 0.4) is 0 Å². The van der Waals surface area contributed by atoms with Crippen LogP contribution in [-0.4, -0.2) is 31.9 Å². The molecule has 0 unspecified atom stereocenters. The molecule has 1 aromatic rings. The van der Waals surface area contributed by atoms with Crippen LogP contribution in [0.15, 0.2) is 24.5 Å². The van der Waals surface area contributed by atoms with E-state index in [9.17, 15) is 4.79 Å². The van der Waals surface area contributed by atoms with Crippen molar-refractivity contribution >= 4 is 11.5 Å². The van der Waals surface area contributed by atoms with Gasteiger partial charge in [-0.05, 0) is 24.6 Å². The maximum atomic E-state index is 11.6. The Kier molecular flexibility index (Phi) is 5.05. The summed E-state index contributed by atoms with van der Waals surface area (Å²) < 4.78 is 15.0. The molecule has 0 heterocycles. The van der Waals surface area contributed by atoms with Crippen molar-refractivity contribution in [1.82, 2.24) is 0 Å². The zero-order valence-corrected chi connectivity index (χ0v) is 10.6. The normalized spacial score (nSPS) is 10.9. The van der Waals surface area contributed by atoms with Crippen LogP contribution in [0.25, 0.3) is 5.57 Å². The van der Waals surface area contributed by atoms with Crippen LogP contribution in [0.2, 0.25) is 0 Å². The van der Waals surface area contributed by atoms with Crippen molar-refractivity contribution < 1.29 is 24.1 Å². The van der Waals surface area contributed by atoms with Crippen LogP contribution >= 0.6 is 0 Å². The molecule has 0 aliphatic rings. The lowest BCUT2D eigenvalue weighted by Gasteiger charge is -2.10. The van der Waals surface area contributed by atoms with Gasteiger partial charge in [0.15, 0.2) is 0 Å². The van der Waals surface area contributed by atoms with E-state index in [0.29, 0.717) is 23.3 Å². The van der Waals surface area contributed by atoms with Gasteiger partial charge in [-0.2, -0.15) is 0 Å². The van der Waals surface area contributed by atoms with Crippen molar-refractivity contribution in [1.29, 1.82) is 0 Å². The minimum atomic E-state index is -0.602. The van der Waals surface area contributed by atoms with Crippen molar-refractivity contribution in [3.63, 3.8) is 0 Å². The molecule has 18 heavy (non-hydrogen) atoms. The summed E-state index contributed by atoms with van der Waals surface area (Å²) in [7, 11) is 3.01. The summed E-state index contributed by atoms with van der Waals surface area (Å²) in [6.45, 7) is 1.93. The number of methoxy groups -OCH3 is 2. The Morgan fingerprint density at radius 2 is 1.78 bits per heavy atom. The van der Waals surface area contributed by atoms with Crippen LogP contribution < -0.4 is 9.47 Å². The molecule has 1 rings (SSSR count). The van der Waals surface area contributed by atoms with E-state index in [1.165, 1.54) is 14.2 Å². The third-order valence-corrected chi connectivity index (χ3v) is 2.29.